The number of hydrogen-bond acceptors (Lipinski definition) is 5. The Balaban J connectivity index is 1.90. The maximum Gasteiger partial charge on any atom is 0.191 e. The molecule has 0 saturated carbocycles. The van der Waals surface area contributed by atoms with Crippen molar-refractivity contribution in [1.29, 1.82) is 0 Å². The normalized spacial score (nSPS) is 12.2. The van der Waals surface area contributed by atoms with Crippen LogP contribution in [0.2, 0.25) is 0 Å². The zero-order chi connectivity index (χ0) is 19.7. The van der Waals surface area contributed by atoms with E-state index in [1.54, 1.807) is 6.33 Å². The summed E-state index contributed by atoms with van der Waals surface area (Å²) in [5.74, 6) is 1.76. The van der Waals surface area contributed by atoms with Crippen molar-refractivity contribution in [2.45, 2.75) is 39.1 Å². The first-order chi connectivity index (χ1) is 12.9. The number of aromatic nitrogens is 3. The van der Waals surface area contributed by atoms with Crippen LogP contribution in [-0.4, -0.2) is 48.5 Å². The molecule has 0 bridgehead atoms. The van der Waals surface area contributed by atoms with E-state index < -0.39 is 9.84 Å². The van der Waals surface area contributed by atoms with Crippen LogP contribution in [0.1, 0.15) is 30.8 Å². The molecule has 8 nitrogen and oxygen atoms in total. The fraction of sp³-hybridized carbons (Fsp3) is 0.500. The molecule has 0 unspecified atom stereocenters. The quantitative estimate of drug-likeness (QED) is 0.490. The number of benzene rings is 1. The number of hydrogen-bond donors (Lipinski definition) is 2. The lowest BCUT2D eigenvalue weighted by molar-refractivity contribution is 0.601. The van der Waals surface area contributed by atoms with Crippen molar-refractivity contribution in [3.8, 4) is 0 Å². The second-order valence-electron chi connectivity index (χ2n) is 6.30. The summed E-state index contributed by atoms with van der Waals surface area (Å²) in [6.45, 7) is 6.84. The molecule has 0 saturated heterocycles. The Kier molecular flexibility index (Phi) is 7.78. The minimum Gasteiger partial charge on any atom is -0.357 e. The molecule has 148 valence electrons. The molecule has 1 heterocycles. The van der Waals surface area contributed by atoms with Crippen LogP contribution in [0.25, 0.3) is 0 Å². The molecule has 2 aromatic rings. The molecular formula is C18H28N6O2S. The average molecular weight is 393 g/mol. The van der Waals surface area contributed by atoms with Gasteiger partial charge in [0, 0.05) is 32.3 Å². The summed E-state index contributed by atoms with van der Waals surface area (Å²) in [7, 11) is -3.02. The molecule has 0 atom stereocenters. The van der Waals surface area contributed by atoms with Crippen molar-refractivity contribution in [2.24, 2.45) is 4.99 Å². The molecule has 9 heteroatoms. The number of guanidine groups is 1. The van der Waals surface area contributed by atoms with Gasteiger partial charge in [0.2, 0.25) is 0 Å². The van der Waals surface area contributed by atoms with E-state index in [9.17, 15) is 8.42 Å². The highest BCUT2D eigenvalue weighted by Gasteiger charge is 2.05. The van der Waals surface area contributed by atoms with Crippen LogP contribution in [-0.2, 0) is 35.1 Å². The minimum atomic E-state index is -3.02. The first-order valence-corrected chi connectivity index (χ1v) is 11.1. The molecule has 0 spiro atoms. The van der Waals surface area contributed by atoms with Crippen molar-refractivity contribution in [1.82, 2.24) is 25.4 Å². The standard InChI is InChI=1S/C18H28N6O2S/c1-4-17-23-22-14-24(17)11-10-20-18(19-5-2)21-12-15-6-8-16(9-7-15)13-27(3,25)26/h6-9,14H,4-5,10-13H2,1-3H3,(H2,19,20,21). The molecular weight excluding hydrogens is 364 g/mol. The summed E-state index contributed by atoms with van der Waals surface area (Å²) in [5.41, 5.74) is 1.81. The number of nitrogens with one attached hydrogen (secondary N) is 2. The highest BCUT2D eigenvalue weighted by Crippen LogP contribution is 2.08. The van der Waals surface area contributed by atoms with Gasteiger partial charge < -0.3 is 15.2 Å². The Labute approximate surface area is 161 Å². The van der Waals surface area contributed by atoms with Crippen molar-refractivity contribution in [2.75, 3.05) is 19.3 Å². The van der Waals surface area contributed by atoms with Crippen LogP contribution < -0.4 is 10.6 Å². The summed E-state index contributed by atoms with van der Waals surface area (Å²) in [5, 5.41) is 14.5. The van der Waals surface area contributed by atoms with E-state index in [1.807, 2.05) is 35.8 Å². The zero-order valence-electron chi connectivity index (χ0n) is 16.1. The first-order valence-electron chi connectivity index (χ1n) is 9.05. The predicted molar refractivity (Wildman–Crippen MR) is 107 cm³/mol. The Morgan fingerprint density at radius 3 is 2.48 bits per heavy atom. The number of rotatable bonds is 9. The summed E-state index contributed by atoms with van der Waals surface area (Å²) >= 11 is 0. The summed E-state index contributed by atoms with van der Waals surface area (Å²) in [6.07, 6.45) is 3.83. The Hall–Kier alpha value is -2.42. The van der Waals surface area contributed by atoms with Crippen molar-refractivity contribution in [3.63, 3.8) is 0 Å². The van der Waals surface area contributed by atoms with Gasteiger partial charge >= 0.3 is 0 Å². The molecule has 0 aliphatic rings. The van der Waals surface area contributed by atoms with Gasteiger partial charge in [-0.2, -0.15) is 0 Å². The van der Waals surface area contributed by atoms with Crippen LogP contribution in [0.15, 0.2) is 35.6 Å². The SMILES string of the molecule is CCNC(=NCc1ccc(CS(C)(=O)=O)cc1)NCCn1cnnc1CC. The van der Waals surface area contributed by atoms with E-state index in [0.717, 1.165) is 42.4 Å². The number of nitrogens with zero attached hydrogens (tertiary/aromatic N) is 4. The highest BCUT2D eigenvalue weighted by molar-refractivity contribution is 7.89. The lowest BCUT2D eigenvalue weighted by atomic mass is 10.1. The van der Waals surface area contributed by atoms with Crippen molar-refractivity contribution >= 4 is 15.8 Å². The smallest absolute Gasteiger partial charge is 0.191 e. The Bertz CT molecular complexity index is 843. The van der Waals surface area contributed by atoms with E-state index >= 15 is 0 Å². The van der Waals surface area contributed by atoms with E-state index in [0.29, 0.717) is 13.1 Å². The third-order valence-electron chi connectivity index (χ3n) is 3.87. The van der Waals surface area contributed by atoms with E-state index in [-0.39, 0.29) is 5.75 Å². The molecule has 1 aromatic carbocycles. The van der Waals surface area contributed by atoms with Crippen LogP contribution in [0.3, 0.4) is 0 Å². The van der Waals surface area contributed by atoms with Crippen molar-refractivity contribution < 1.29 is 8.42 Å². The predicted octanol–water partition coefficient (Wildman–Crippen LogP) is 1.14. The van der Waals surface area contributed by atoms with Gasteiger partial charge in [0.25, 0.3) is 0 Å². The number of sulfone groups is 1. The van der Waals surface area contributed by atoms with Gasteiger partial charge in [0.1, 0.15) is 12.2 Å². The maximum absolute atomic E-state index is 11.4. The molecule has 0 aliphatic heterocycles. The van der Waals surface area contributed by atoms with Crippen LogP contribution in [0.4, 0.5) is 0 Å². The topological polar surface area (TPSA) is 101 Å². The fourth-order valence-electron chi connectivity index (χ4n) is 2.59. The molecule has 1 aromatic heterocycles. The highest BCUT2D eigenvalue weighted by atomic mass is 32.2. The largest absolute Gasteiger partial charge is 0.357 e. The molecule has 2 N–H and O–H groups in total. The maximum atomic E-state index is 11.4. The van der Waals surface area contributed by atoms with Gasteiger partial charge in [-0.1, -0.05) is 31.2 Å². The lowest BCUT2D eigenvalue weighted by Crippen LogP contribution is -2.38. The number of aliphatic imine (C=N–C) groups is 1. The van der Waals surface area contributed by atoms with E-state index in [4.69, 9.17) is 0 Å². The third kappa shape index (κ3) is 7.38. The molecule has 2 rings (SSSR count). The number of aryl methyl sites for hydroxylation is 1. The van der Waals surface area contributed by atoms with Crippen LogP contribution >= 0.6 is 0 Å². The van der Waals surface area contributed by atoms with E-state index in [2.05, 4.69) is 32.7 Å². The summed E-state index contributed by atoms with van der Waals surface area (Å²) in [6, 6.07) is 7.51. The third-order valence-corrected chi connectivity index (χ3v) is 4.73. The first kappa shape index (κ1) is 20.9. The second-order valence-corrected chi connectivity index (χ2v) is 8.44. The van der Waals surface area contributed by atoms with Gasteiger partial charge in [0.05, 0.1) is 12.3 Å². The Morgan fingerprint density at radius 2 is 1.85 bits per heavy atom. The zero-order valence-corrected chi connectivity index (χ0v) is 17.0. The molecule has 0 radical (unpaired) electrons. The minimum absolute atomic E-state index is 0.0591. The van der Waals surface area contributed by atoms with Crippen molar-refractivity contribution in [3.05, 3.63) is 47.5 Å². The molecule has 27 heavy (non-hydrogen) atoms. The van der Waals surface area contributed by atoms with Gasteiger partial charge in [-0.25, -0.2) is 13.4 Å². The molecule has 0 fully saturated rings. The second kappa shape index (κ2) is 10.1. The fourth-order valence-corrected chi connectivity index (χ4v) is 3.39. The molecule has 0 aliphatic carbocycles. The van der Waals surface area contributed by atoms with Gasteiger partial charge in [0.15, 0.2) is 15.8 Å². The Morgan fingerprint density at radius 1 is 1.15 bits per heavy atom. The summed E-state index contributed by atoms with van der Waals surface area (Å²) in [4.78, 5) is 4.59. The van der Waals surface area contributed by atoms with Gasteiger partial charge in [-0.05, 0) is 18.1 Å². The monoisotopic (exact) mass is 392 g/mol. The van der Waals surface area contributed by atoms with Gasteiger partial charge in [-0.15, -0.1) is 10.2 Å². The summed E-state index contributed by atoms with van der Waals surface area (Å²) < 4.78 is 24.7. The van der Waals surface area contributed by atoms with E-state index in [1.165, 1.54) is 6.26 Å². The van der Waals surface area contributed by atoms with Crippen LogP contribution in [0, 0.1) is 0 Å². The average Bonchev–Trinajstić information content (AvgIpc) is 3.07. The van der Waals surface area contributed by atoms with Gasteiger partial charge in [-0.3, -0.25) is 0 Å². The molecule has 0 amide bonds. The lowest BCUT2D eigenvalue weighted by Gasteiger charge is -2.12. The van der Waals surface area contributed by atoms with Crippen LogP contribution in [0.5, 0.6) is 0 Å².